The van der Waals surface area contributed by atoms with Crippen molar-refractivity contribution in [3.05, 3.63) is 35.9 Å². The van der Waals surface area contributed by atoms with Gasteiger partial charge in [0.15, 0.2) is 0 Å². The fourth-order valence-corrected chi connectivity index (χ4v) is 2.70. The van der Waals surface area contributed by atoms with Crippen molar-refractivity contribution >= 4 is 0 Å². The van der Waals surface area contributed by atoms with E-state index in [0.29, 0.717) is 18.2 Å². The molecule has 1 heterocycles. The number of rotatable bonds is 2. The van der Waals surface area contributed by atoms with Crippen LogP contribution in [0.15, 0.2) is 30.3 Å². The SMILES string of the molecule is CCC1NC(C)CC(C)OC1c1ccccc1. The molecule has 1 aliphatic rings. The largest absolute Gasteiger partial charge is 0.369 e. The van der Waals surface area contributed by atoms with E-state index in [2.05, 4.69) is 56.4 Å². The van der Waals surface area contributed by atoms with E-state index in [0.717, 1.165) is 12.8 Å². The van der Waals surface area contributed by atoms with Crippen LogP contribution in [0.3, 0.4) is 0 Å². The summed E-state index contributed by atoms with van der Waals surface area (Å²) < 4.78 is 6.21. The van der Waals surface area contributed by atoms with Crippen molar-refractivity contribution in [3.8, 4) is 0 Å². The van der Waals surface area contributed by atoms with E-state index in [1.54, 1.807) is 0 Å². The molecule has 1 N–H and O–H groups in total. The molecular weight excluding hydrogens is 210 g/mol. The van der Waals surface area contributed by atoms with Gasteiger partial charge in [-0.05, 0) is 32.3 Å². The summed E-state index contributed by atoms with van der Waals surface area (Å²) in [6.45, 7) is 6.64. The van der Waals surface area contributed by atoms with Gasteiger partial charge < -0.3 is 10.1 Å². The Morgan fingerprint density at radius 2 is 1.94 bits per heavy atom. The highest BCUT2D eigenvalue weighted by atomic mass is 16.5. The second-order valence-electron chi connectivity index (χ2n) is 5.10. The smallest absolute Gasteiger partial charge is 0.0981 e. The molecule has 0 spiro atoms. The Morgan fingerprint density at radius 3 is 2.59 bits per heavy atom. The normalized spacial score (nSPS) is 34.3. The van der Waals surface area contributed by atoms with Crippen molar-refractivity contribution in [2.24, 2.45) is 0 Å². The predicted octanol–water partition coefficient (Wildman–Crippen LogP) is 3.29. The van der Waals surface area contributed by atoms with Gasteiger partial charge in [0.1, 0.15) is 0 Å². The zero-order valence-corrected chi connectivity index (χ0v) is 11.0. The third-order valence-corrected chi connectivity index (χ3v) is 3.50. The summed E-state index contributed by atoms with van der Waals surface area (Å²) in [6, 6.07) is 11.5. The van der Waals surface area contributed by atoms with E-state index >= 15 is 0 Å². The quantitative estimate of drug-likeness (QED) is 0.846. The van der Waals surface area contributed by atoms with Crippen LogP contribution in [0, 0.1) is 0 Å². The summed E-state index contributed by atoms with van der Waals surface area (Å²) >= 11 is 0. The maximum absolute atomic E-state index is 6.21. The van der Waals surface area contributed by atoms with Gasteiger partial charge >= 0.3 is 0 Å². The Kier molecular flexibility index (Phi) is 4.19. The zero-order chi connectivity index (χ0) is 12.3. The molecule has 2 nitrogen and oxygen atoms in total. The molecule has 17 heavy (non-hydrogen) atoms. The monoisotopic (exact) mass is 233 g/mol. The molecular formula is C15H23NO. The van der Waals surface area contributed by atoms with Crippen molar-refractivity contribution < 1.29 is 4.74 Å². The number of nitrogens with one attached hydrogen (secondary N) is 1. The van der Waals surface area contributed by atoms with Crippen LogP contribution in [0.1, 0.15) is 45.3 Å². The number of benzene rings is 1. The van der Waals surface area contributed by atoms with Crippen LogP contribution >= 0.6 is 0 Å². The molecule has 2 rings (SSSR count). The van der Waals surface area contributed by atoms with E-state index in [9.17, 15) is 0 Å². The lowest BCUT2D eigenvalue weighted by molar-refractivity contribution is -0.0113. The van der Waals surface area contributed by atoms with Crippen LogP contribution in [0.5, 0.6) is 0 Å². The summed E-state index contributed by atoms with van der Waals surface area (Å²) in [7, 11) is 0. The van der Waals surface area contributed by atoms with E-state index < -0.39 is 0 Å². The minimum atomic E-state index is 0.182. The van der Waals surface area contributed by atoms with Gasteiger partial charge in [-0.1, -0.05) is 37.3 Å². The third-order valence-electron chi connectivity index (χ3n) is 3.50. The first-order valence-corrected chi connectivity index (χ1v) is 6.67. The molecule has 1 saturated heterocycles. The van der Waals surface area contributed by atoms with Crippen LogP contribution in [0.4, 0.5) is 0 Å². The number of hydrogen-bond acceptors (Lipinski definition) is 2. The molecule has 0 aliphatic carbocycles. The Labute approximate surface area is 104 Å². The second kappa shape index (κ2) is 5.65. The van der Waals surface area contributed by atoms with Gasteiger partial charge in [0, 0.05) is 12.1 Å². The second-order valence-corrected chi connectivity index (χ2v) is 5.10. The topological polar surface area (TPSA) is 21.3 Å². The molecule has 0 aromatic heterocycles. The molecule has 0 amide bonds. The van der Waals surface area contributed by atoms with Gasteiger partial charge in [-0.3, -0.25) is 0 Å². The standard InChI is InChI=1S/C15H23NO/c1-4-14-15(13-8-6-5-7-9-13)17-12(3)10-11(2)16-14/h5-9,11-12,14-16H,4,10H2,1-3H3. The minimum Gasteiger partial charge on any atom is -0.369 e. The first kappa shape index (κ1) is 12.6. The first-order valence-electron chi connectivity index (χ1n) is 6.67. The lowest BCUT2D eigenvalue weighted by Crippen LogP contribution is -2.38. The Hall–Kier alpha value is -0.860. The fourth-order valence-electron chi connectivity index (χ4n) is 2.70. The third kappa shape index (κ3) is 3.08. The summed E-state index contributed by atoms with van der Waals surface area (Å²) in [5.74, 6) is 0. The first-order chi connectivity index (χ1) is 8.20. The van der Waals surface area contributed by atoms with Crippen molar-refractivity contribution in [1.82, 2.24) is 5.32 Å². The van der Waals surface area contributed by atoms with Crippen molar-refractivity contribution in [2.45, 2.75) is 57.9 Å². The maximum Gasteiger partial charge on any atom is 0.0981 e. The lowest BCUT2D eigenvalue weighted by Gasteiger charge is -2.27. The molecule has 0 saturated carbocycles. The van der Waals surface area contributed by atoms with Crippen LogP contribution in [-0.2, 0) is 4.74 Å². The van der Waals surface area contributed by atoms with E-state index in [4.69, 9.17) is 4.74 Å². The highest BCUT2D eigenvalue weighted by molar-refractivity contribution is 5.19. The lowest BCUT2D eigenvalue weighted by atomic mass is 10.00. The number of hydrogen-bond donors (Lipinski definition) is 1. The molecule has 1 fully saturated rings. The zero-order valence-electron chi connectivity index (χ0n) is 11.0. The highest BCUT2D eigenvalue weighted by Crippen LogP contribution is 2.28. The van der Waals surface area contributed by atoms with Crippen LogP contribution in [-0.4, -0.2) is 18.2 Å². The molecule has 0 bridgehead atoms. The average molecular weight is 233 g/mol. The van der Waals surface area contributed by atoms with Gasteiger partial charge in [-0.25, -0.2) is 0 Å². The molecule has 4 unspecified atom stereocenters. The van der Waals surface area contributed by atoms with E-state index in [1.807, 2.05) is 0 Å². The van der Waals surface area contributed by atoms with Crippen molar-refractivity contribution in [2.75, 3.05) is 0 Å². The molecule has 1 aromatic carbocycles. The summed E-state index contributed by atoms with van der Waals surface area (Å²) in [6.07, 6.45) is 2.68. The summed E-state index contributed by atoms with van der Waals surface area (Å²) in [5.41, 5.74) is 1.28. The van der Waals surface area contributed by atoms with E-state index in [-0.39, 0.29) is 6.10 Å². The molecule has 4 atom stereocenters. The average Bonchev–Trinajstić information content (AvgIpc) is 2.48. The van der Waals surface area contributed by atoms with Crippen LogP contribution in [0.2, 0.25) is 0 Å². The number of ether oxygens (including phenoxy) is 1. The predicted molar refractivity (Wildman–Crippen MR) is 71.0 cm³/mol. The molecule has 1 aliphatic heterocycles. The van der Waals surface area contributed by atoms with Gasteiger partial charge in [0.25, 0.3) is 0 Å². The molecule has 94 valence electrons. The Bertz CT molecular complexity index is 338. The highest BCUT2D eigenvalue weighted by Gasteiger charge is 2.29. The molecule has 2 heteroatoms. The van der Waals surface area contributed by atoms with E-state index in [1.165, 1.54) is 5.56 Å². The summed E-state index contributed by atoms with van der Waals surface area (Å²) in [5, 5.41) is 3.68. The van der Waals surface area contributed by atoms with Crippen molar-refractivity contribution in [3.63, 3.8) is 0 Å². The van der Waals surface area contributed by atoms with Crippen LogP contribution < -0.4 is 5.32 Å². The van der Waals surface area contributed by atoms with Gasteiger partial charge in [0.2, 0.25) is 0 Å². The fraction of sp³-hybridized carbons (Fsp3) is 0.600. The van der Waals surface area contributed by atoms with Gasteiger partial charge in [-0.15, -0.1) is 0 Å². The van der Waals surface area contributed by atoms with Gasteiger partial charge in [-0.2, -0.15) is 0 Å². The Balaban J connectivity index is 2.22. The van der Waals surface area contributed by atoms with Crippen molar-refractivity contribution in [1.29, 1.82) is 0 Å². The molecule has 0 radical (unpaired) electrons. The van der Waals surface area contributed by atoms with Crippen LogP contribution in [0.25, 0.3) is 0 Å². The Morgan fingerprint density at radius 1 is 1.24 bits per heavy atom. The maximum atomic E-state index is 6.21. The van der Waals surface area contributed by atoms with Gasteiger partial charge in [0.05, 0.1) is 12.2 Å². The summed E-state index contributed by atoms with van der Waals surface area (Å²) in [4.78, 5) is 0. The molecule has 1 aromatic rings. The minimum absolute atomic E-state index is 0.182.